The molecule has 1 amide bonds. The maximum Gasteiger partial charge on any atom is 0.238 e. The van der Waals surface area contributed by atoms with E-state index in [0.717, 1.165) is 44.0 Å². The van der Waals surface area contributed by atoms with Gasteiger partial charge in [-0.25, -0.2) is 0 Å². The van der Waals surface area contributed by atoms with Crippen LogP contribution >= 0.6 is 0 Å². The lowest BCUT2D eigenvalue weighted by atomic mass is 10.0. The first-order chi connectivity index (χ1) is 13.9. The highest BCUT2D eigenvalue weighted by atomic mass is 16.5. The lowest BCUT2D eigenvalue weighted by Crippen LogP contribution is -2.48. The number of methoxy groups -OCH3 is 1. The first kappa shape index (κ1) is 21.3. The molecule has 1 heterocycles. The number of amides is 1. The Bertz CT molecular complexity index is 809. The van der Waals surface area contributed by atoms with Crippen molar-refractivity contribution in [3.8, 4) is 5.75 Å². The topological polar surface area (TPSA) is 44.8 Å². The van der Waals surface area contributed by atoms with Gasteiger partial charge in [-0.15, -0.1) is 0 Å². The Morgan fingerprint density at radius 2 is 1.69 bits per heavy atom. The quantitative estimate of drug-likeness (QED) is 0.773. The van der Waals surface area contributed by atoms with Crippen molar-refractivity contribution in [3.63, 3.8) is 0 Å². The Labute approximate surface area is 174 Å². The highest BCUT2D eigenvalue weighted by Crippen LogP contribution is 2.25. The lowest BCUT2D eigenvalue weighted by molar-refractivity contribution is -0.117. The average molecular weight is 396 g/mol. The summed E-state index contributed by atoms with van der Waals surface area (Å²) in [6.07, 6.45) is 0. The molecule has 0 saturated carbocycles. The van der Waals surface area contributed by atoms with Gasteiger partial charge in [-0.2, -0.15) is 0 Å². The number of hydrogen-bond acceptors (Lipinski definition) is 4. The Morgan fingerprint density at radius 1 is 1.03 bits per heavy atom. The molecule has 2 aromatic carbocycles. The van der Waals surface area contributed by atoms with Gasteiger partial charge in [-0.05, 0) is 41.7 Å². The van der Waals surface area contributed by atoms with Gasteiger partial charge in [0.25, 0.3) is 0 Å². The van der Waals surface area contributed by atoms with Crippen molar-refractivity contribution in [3.05, 3.63) is 59.2 Å². The second-order valence-electron chi connectivity index (χ2n) is 8.20. The first-order valence-corrected chi connectivity index (χ1v) is 10.4. The van der Waals surface area contributed by atoms with Crippen molar-refractivity contribution >= 4 is 11.6 Å². The Morgan fingerprint density at radius 3 is 2.31 bits per heavy atom. The average Bonchev–Trinajstić information content (AvgIpc) is 2.70. The number of carbonyl (C=O) groups is 1. The Balaban J connectivity index is 1.46. The molecule has 5 nitrogen and oxygen atoms in total. The summed E-state index contributed by atoms with van der Waals surface area (Å²) in [6.45, 7) is 11.6. The standard InChI is InChI=1S/C24H33N3O2/c1-18(2)21-8-6-20(7-9-21)16-26-11-13-27(14-12-26)17-24(28)25-22-15-19(3)5-10-23(22)29-4/h5-10,15,18H,11-14,16-17H2,1-4H3,(H,25,28). The van der Waals surface area contributed by atoms with E-state index in [1.54, 1.807) is 7.11 Å². The Kier molecular flexibility index (Phi) is 7.29. The summed E-state index contributed by atoms with van der Waals surface area (Å²) in [4.78, 5) is 17.2. The van der Waals surface area contributed by atoms with Gasteiger partial charge in [0, 0.05) is 32.7 Å². The molecule has 0 spiro atoms. The minimum Gasteiger partial charge on any atom is -0.495 e. The van der Waals surface area contributed by atoms with E-state index in [0.29, 0.717) is 18.2 Å². The number of piperazine rings is 1. The van der Waals surface area contributed by atoms with Crippen LogP contribution in [0.4, 0.5) is 5.69 Å². The number of nitrogens with zero attached hydrogens (tertiary/aromatic N) is 2. The number of nitrogens with one attached hydrogen (secondary N) is 1. The van der Waals surface area contributed by atoms with Gasteiger partial charge in [0.1, 0.15) is 5.75 Å². The molecule has 3 rings (SSSR count). The van der Waals surface area contributed by atoms with Gasteiger partial charge >= 0.3 is 0 Å². The molecule has 0 bridgehead atoms. The molecule has 1 fully saturated rings. The molecule has 5 heteroatoms. The van der Waals surface area contributed by atoms with Crippen LogP contribution in [-0.2, 0) is 11.3 Å². The number of hydrogen-bond donors (Lipinski definition) is 1. The molecule has 0 unspecified atom stereocenters. The number of rotatable bonds is 7. The van der Waals surface area contributed by atoms with Crippen molar-refractivity contribution in [1.29, 1.82) is 0 Å². The fourth-order valence-corrected chi connectivity index (χ4v) is 3.68. The van der Waals surface area contributed by atoms with Gasteiger partial charge in [-0.3, -0.25) is 14.6 Å². The van der Waals surface area contributed by atoms with Gasteiger partial charge in [-0.1, -0.05) is 44.2 Å². The Hall–Kier alpha value is -2.37. The predicted octanol–water partition coefficient (Wildman–Crippen LogP) is 3.88. The summed E-state index contributed by atoms with van der Waals surface area (Å²) in [6, 6.07) is 14.8. The SMILES string of the molecule is COc1ccc(C)cc1NC(=O)CN1CCN(Cc2ccc(C(C)C)cc2)CC1. The molecule has 0 aliphatic carbocycles. The summed E-state index contributed by atoms with van der Waals surface area (Å²) in [5, 5.41) is 3.00. The second kappa shape index (κ2) is 9.90. The monoisotopic (exact) mass is 395 g/mol. The number of ether oxygens (including phenoxy) is 1. The normalized spacial score (nSPS) is 15.5. The summed E-state index contributed by atoms with van der Waals surface area (Å²) in [7, 11) is 1.62. The first-order valence-electron chi connectivity index (χ1n) is 10.4. The van der Waals surface area contributed by atoms with Crippen molar-refractivity contribution in [2.75, 3.05) is 45.2 Å². The zero-order valence-electron chi connectivity index (χ0n) is 18.1. The zero-order valence-corrected chi connectivity index (χ0v) is 18.1. The van der Waals surface area contributed by atoms with Gasteiger partial charge in [0.05, 0.1) is 19.3 Å². The summed E-state index contributed by atoms with van der Waals surface area (Å²) >= 11 is 0. The van der Waals surface area contributed by atoms with Crippen LogP contribution in [0.5, 0.6) is 5.75 Å². The molecule has 0 radical (unpaired) electrons. The fraction of sp³-hybridized carbons (Fsp3) is 0.458. The summed E-state index contributed by atoms with van der Waals surface area (Å²) in [5.41, 5.74) is 4.57. The zero-order chi connectivity index (χ0) is 20.8. The number of aryl methyl sites for hydroxylation is 1. The van der Waals surface area contributed by atoms with Gasteiger partial charge < -0.3 is 10.1 Å². The minimum atomic E-state index is 0.00613. The second-order valence-corrected chi connectivity index (χ2v) is 8.20. The van der Waals surface area contributed by atoms with E-state index in [9.17, 15) is 4.79 Å². The number of carbonyl (C=O) groups excluding carboxylic acids is 1. The molecular weight excluding hydrogens is 362 g/mol. The van der Waals surface area contributed by atoms with Crippen LogP contribution in [0, 0.1) is 6.92 Å². The number of anilines is 1. The van der Waals surface area contributed by atoms with Crippen LogP contribution in [-0.4, -0.2) is 55.5 Å². The molecule has 1 aliphatic rings. The largest absolute Gasteiger partial charge is 0.495 e. The third kappa shape index (κ3) is 6.05. The smallest absolute Gasteiger partial charge is 0.238 e. The maximum atomic E-state index is 12.5. The summed E-state index contributed by atoms with van der Waals surface area (Å²) in [5.74, 6) is 1.27. The van der Waals surface area contributed by atoms with Crippen molar-refractivity contribution in [1.82, 2.24) is 9.80 Å². The van der Waals surface area contributed by atoms with Gasteiger partial charge in [0.2, 0.25) is 5.91 Å². The van der Waals surface area contributed by atoms with Gasteiger partial charge in [0.15, 0.2) is 0 Å². The van der Waals surface area contributed by atoms with E-state index in [-0.39, 0.29) is 5.91 Å². The molecular formula is C24H33N3O2. The van der Waals surface area contributed by atoms with E-state index < -0.39 is 0 Å². The third-order valence-electron chi connectivity index (χ3n) is 5.51. The van der Waals surface area contributed by atoms with E-state index in [2.05, 4.69) is 53.2 Å². The van der Waals surface area contributed by atoms with E-state index >= 15 is 0 Å². The van der Waals surface area contributed by atoms with Crippen LogP contribution in [0.15, 0.2) is 42.5 Å². The predicted molar refractivity (Wildman–Crippen MR) is 119 cm³/mol. The highest BCUT2D eigenvalue weighted by Gasteiger charge is 2.19. The lowest BCUT2D eigenvalue weighted by Gasteiger charge is -2.34. The maximum absolute atomic E-state index is 12.5. The van der Waals surface area contributed by atoms with E-state index in [4.69, 9.17) is 4.74 Å². The van der Waals surface area contributed by atoms with Crippen LogP contribution in [0.3, 0.4) is 0 Å². The third-order valence-corrected chi connectivity index (χ3v) is 5.51. The molecule has 0 atom stereocenters. The fourth-order valence-electron chi connectivity index (χ4n) is 3.68. The minimum absolute atomic E-state index is 0.00613. The molecule has 1 saturated heterocycles. The van der Waals surface area contributed by atoms with E-state index in [1.165, 1.54) is 11.1 Å². The molecule has 29 heavy (non-hydrogen) atoms. The molecule has 1 aliphatic heterocycles. The van der Waals surface area contributed by atoms with Crippen molar-refractivity contribution < 1.29 is 9.53 Å². The number of benzene rings is 2. The highest BCUT2D eigenvalue weighted by molar-refractivity contribution is 5.93. The van der Waals surface area contributed by atoms with Crippen LogP contribution in [0.1, 0.15) is 36.5 Å². The molecule has 156 valence electrons. The molecule has 0 aromatic heterocycles. The van der Waals surface area contributed by atoms with E-state index in [1.807, 2.05) is 25.1 Å². The van der Waals surface area contributed by atoms with Crippen LogP contribution in [0.25, 0.3) is 0 Å². The molecule has 1 N–H and O–H groups in total. The molecule has 2 aromatic rings. The van der Waals surface area contributed by atoms with Crippen molar-refractivity contribution in [2.24, 2.45) is 0 Å². The summed E-state index contributed by atoms with van der Waals surface area (Å²) < 4.78 is 5.35. The van der Waals surface area contributed by atoms with Crippen molar-refractivity contribution in [2.45, 2.75) is 33.2 Å². The van der Waals surface area contributed by atoms with Crippen LogP contribution in [0.2, 0.25) is 0 Å². The van der Waals surface area contributed by atoms with Crippen LogP contribution < -0.4 is 10.1 Å².